The van der Waals surface area contributed by atoms with Gasteiger partial charge in [-0.2, -0.15) is 0 Å². The highest BCUT2D eigenvalue weighted by atomic mass is 19.1. The van der Waals surface area contributed by atoms with Crippen LogP contribution in [0.2, 0.25) is 0 Å². The van der Waals surface area contributed by atoms with E-state index in [1.165, 1.54) is 17.2 Å². The topological polar surface area (TPSA) is 24.1 Å². The molecule has 2 atom stereocenters. The number of hydrogen-bond acceptors (Lipinski definition) is 2. The Morgan fingerprint density at radius 3 is 2.90 bits per heavy atom. The summed E-state index contributed by atoms with van der Waals surface area (Å²) in [5.41, 5.74) is 3.69. The minimum absolute atomic E-state index is 0.122. The lowest BCUT2D eigenvalue weighted by molar-refractivity contribution is 0.442. The number of rotatable bonds is 3. The molecule has 2 aromatic carbocycles. The van der Waals surface area contributed by atoms with Crippen LogP contribution in [0.15, 0.2) is 48.5 Å². The van der Waals surface area contributed by atoms with Crippen LogP contribution in [0, 0.1) is 5.82 Å². The molecular formula is C18H21FN2. The molecule has 3 heteroatoms. The maximum Gasteiger partial charge on any atom is 0.123 e. The molecule has 21 heavy (non-hydrogen) atoms. The molecule has 2 N–H and O–H groups in total. The summed E-state index contributed by atoms with van der Waals surface area (Å²) in [5, 5.41) is 7.11. The Morgan fingerprint density at radius 1 is 1.19 bits per heavy atom. The van der Waals surface area contributed by atoms with Crippen molar-refractivity contribution in [1.29, 1.82) is 0 Å². The van der Waals surface area contributed by atoms with Crippen LogP contribution >= 0.6 is 0 Å². The van der Waals surface area contributed by atoms with E-state index in [0.717, 1.165) is 25.1 Å². The lowest BCUT2D eigenvalue weighted by atomic mass is 9.97. The molecule has 0 fully saturated rings. The summed E-state index contributed by atoms with van der Waals surface area (Å²) < 4.78 is 13.4. The van der Waals surface area contributed by atoms with Gasteiger partial charge in [0, 0.05) is 18.6 Å². The molecule has 3 rings (SSSR count). The maximum atomic E-state index is 13.4. The highest BCUT2D eigenvalue weighted by Gasteiger charge is 2.20. The van der Waals surface area contributed by atoms with Gasteiger partial charge in [0.25, 0.3) is 0 Å². The normalized spacial score (nSPS) is 19.6. The third-order valence-electron chi connectivity index (χ3n) is 4.16. The van der Waals surface area contributed by atoms with Crippen LogP contribution in [0.1, 0.15) is 42.1 Å². The van der Waals surface area contributed by atoms with Gasteiger partial charge in [-0.25, -0.2) is 4.39 Å². The van der Waals surface area contributed by atoms with Crippen LogP contribution in [-0.4, -0.2) is 6.54 Å². The monoisotopic (exact) mass is 284 g/mol. The van der Waals surface area contributed by atoms with Crippen molar-refractivity contribution in [3.8, 4) is 0 Å². The van der Waals surface area contributed by atoms with E-state index in [2.05, 4.69) is 41.8 Å². The molecular weight excluding hydrogens is 263 g/mol. The largest absolute Gasteiger partial charge is 0.313 e. The molecule has 0 spiro atoms. The van der Waals surface area contributed by atoms with E-state index in [1.54, 1.807) is 12.1 Å². The van der Waals surface area contributed by atoms with E-state index >= 15 is 0 Å². The summed E-state index contributed by atoms with van der Waals surface area (Å²) in [7, 11) is 0. The molecule has 0 bridgehead atoms. The zero-order chi connectivity index (χ0) is 14.7. The molecule has 2 nitrogen and oxygen atoms in total. The van der Waals surface area contributed by atoms with Crippen molar-refractivity contribution in [3.05, 3.63) is 71.0 Å². The third-order valence-corrected chi connectivity index (χ3v) is 4.16. The molecule has 1 unspecified atom stereocenters. The molecule has 0 radical (unpaired) electrons. The molecule has 1 heterocycles. The van der Waals surface area contributed by atoms with Crippen LogP contribution < -0.4 is 10.6 Å². The minimum atomic E-state index is -0.177. The Bertz CT molecular complexity index is 612. The average Bonchev–Trinajstić information content (AvgIpc) is 2.70. The fraction of sp³-hybridized carbons (Fsp3) is 0.333. The van der Waals surface area contributed by atoms with E-state index < -0.39 is 0 Å². The van der Waals surface area contributed by atoms with Crippen molar-refractivity contribution in [1.82, 2.24) is 10.6 Å². The fourth-order valence-corrected chi connectivity index (χ4v) is 3.01. The zero-order valence-corrected chi connectivity index (χ0v) is 12.3. The van der Waals surface area contributed by atoms with E-state index in [9.17, 15) is 4.39 Å². The standard InChI is InChI=1S/C18H21FN2/c1-13(14-6-4-7-16(19)11-14)21-18-9-10-20-12-15-5-2-3-8-17(15)18/h2-8,11,13,18,20-21H,9-10,12H2,1H3/t13-,18?/m0/s1. The summed E-state index contributed by atoms with van der Waals surface area (Å²) in [5.74, 6) is -0.177. The average molecular weight is 284 g/mol. The Hall–Kier alpha value is -1.71. The van der Waals surface area contributed by atoms with Gasteiger partial charge in [-0.1, -0.05) is 36.4 Å². The zero-order valence-electron chi connectivity index (χ0n) is 12.3. The lowest BCUT2D eigenvalue weighted by Gasteiger charge is -2.24. The molecule has 1 aliphatic rings. The Labute approximate surface area is 125 Å². The first-order chi connectivity index (χ1) is 10.2. The number of benzene rings is 2. The fourth-order valence-electron chi connectivity index (χ4n) is 3.01. The molecule has 0 aromatic heterocycles. The second kappa shape index (κ2) is 6.37. The first-order valence-electron chi connectivity index (χ1n) is 7.54. The lowest BCUT2D eigenvalue weighted by Crippen LogP contribution is -2.26. The number of nitrogens with one attached hydrogen (secondary N) is 2. The van der Waals surface area contributed by atoms with Crippen molar-refractivity contribution in [2.24, 2.45) is 0 Å². The summed E-state index contributed by atoms with van der Waals surface area (Å²) in [6.45, 7) is 4.00. The predicted octanol–water partition coefficient (Wildman–Crippen LogP) is 3.71. The second-order valence-corrected chi connectivity index (χ2v) is 5.66. The summed E-state index contributed by atoms with van der Waals surface area (Å²) in [4.78, 5) is 0. The quantitative estimate of drug-likeness (QED) is 0.898. The molecule has 0 saturated carbocycles. The van der Waals surface area contributed by atoms with Gasteiger partial charge in [-0.15, -0.1) is 0 Å². The minimum Gasteiger partial charge on any atom is -0.313 e. The number of fused-ring (bicyclic) bond motifs is 1. The Kier molecular flexibility index (Phi) is 4.32. The van der Waals surface area contributed by atoms with Gasteiger partial charge >= 0.3 is 0 Å². The van der Waals surface area contributed by atoms with Crippen LogP contribution in [0.5, 0.6) is 0 Å². The molecule has 0 saturated heterocycles. The van der Waals surface area contributed by atoms with Crippen LogP contribution in [0.3, 0.4) is 0 Å². The molecule has 1 aliphatic heterocycles. The van der Waals surface area contributed by atoms with Crippen LogP contribution in [0.4, 0.5) is 4.39 Å². The molecule has 0 amide bonds. The van der Waals surface area contributed by atoms with Gasteiger partial charge in [0.1, 0.15) is 5.82 Å². The molecule has 110 valence electrons. The van der Waals surface area contributed by atoms with Gasteiger partial charge in [0.2, 0.25) is 0 Å². The molecule has 2 aromatic rings. The third kappa shape index (κ3) is 3.31. The number of hydrogen-bond donors (Lipinski definition) is 2. The smallest absolute Gasteiger partial charge is 0.123 e. The Morgan fingerprint density at radius 2 is 2.05 bits per heavy atom. The first-order valence-corrected chi connectivity index (χ1v) is 7.54. The van der Waals surface area contributed by atoms with Crippen molar-refractivity contribution < 1.29 is 4.39 Å². The predicted molar refractivity (Wildman–Crippen MR) is 83.5 cm³/mol. The van der Waals surface area contributed by atoms with Crippen molar-refractivity contribution in [2.75, 3.05) is 6.54 Å². The van der Waals surface area contributed by atoms with Crippen molar-refractivity contribution in [3.63, 3.8) is 0 Å². The summed E-state index contributed by atoms with van der Waals surface area (Å²) >= 11 is 0. The SMILES string of the molecule is C[C@H](NC1CCNCc2ccccc21)c1cccc(F)c1. The van der Waals surface area contributed by atoms with Crippen LogP contribution in [0.25, 0.3) is 0 Å². The second-order valence-electron chi connectivity index (χ2n) is 5.66. The van der Waals surface area contributed by atoms with E-state index in [0.29, 0.717) is 6.04 Å². The summed E-state index contributed by atoms with van der Waals surface area (Å²) in [6.07, 6.45) is 1.04. The first kappa shape index (κ1) is 14.2. The van der Waals surface area contributed by atoms with Gasteiger partial charge in [0.15, 0.2) is 0 Å². The van der Waals surface area contributed by atoms with Crippen LogP contribution in [-0.2, 0) is 6.54 Å². The van der Waals surface area contributed by atoms with Gasteiger partial charge in [-0.3, -0.25) is 0 Å². The highest BCUT2D eigenvalue weighted by molar-refractivity contribution is 5.31. The Balaban J connectivity index is 1.81. The highest BCUT2D eigenvalue weighted by Crippen LogP contribution is 2.26. The van der Waals surface area contributed by atoms with Crippen molar-refractivity contribution in [2.45, 2.75) is 32.0 Å². The van der Waals surface area contributed by atoms with Gasteiger partial charge in [0.05, 0.1) is 0 Å². The van der Waals surface area contributed by atoms with Gasteiger partial charge in [-0.05, 0) is 48.7 Å². The number of halogens is 1. The van der Waals surface area contributed by atoms with E-state index in [1.807, 2.05) is 6.07 Å². The van der Waals surface area contributed by atoms with Crippen molar-refractivity contribution >= 4 is 0 Å². The van der Waals surface area contributed by atoms with E-state index in [-0.39, 0.29) is 11.9 Å². The van der Waals surface area contributed by atoms with Gasteiger partial charge < -0.3 is 10.6 Å². The van der Waals surface area contributed by atoms with E-state index in [4.69, 9.17) is 0 Å². The molecule has 0 aliphatic carbocycles. The summed E-state index contributed by atoms with van der Waals surface area (Å²) in [6, 6.07) is 15.8. The maximum absolute atomic E-state index is 13.4.